The number of hydrogen-bond acceptors (Lipinski definition) is 2. The quantitative estimate of drug-likeness (QED) is 0.618. The zero-order chi connectivity index (χ0) is 13.2. The van der Waals surface area contributed by atoms with E-state index in [2.05, 4.69) is 20.5 Å². The van der Waals surface area contributed by atoms with E-state index in [4.69, 9.17) is 9.79 Å². The molecule has 0 saturated carbocycles. The number of halogens is 1. The number of phosphoric acid groups is 1. The molecular weight excluding hydrogens is 358 g/mol. The molecule has 0 saturated heterocycles. The molecule has 2 N–H and O–H groups in total. The zero-order valence-electron chi connectivity index (χ0n) is 11.2. The molecule has 0 amide bonds. The predicted molar refractivity (Wildman–Crippen MR) is 73.4 cm³/mol. The normalized spacial score (nSPS) is 10.7. The number of rotatable bonds is 3. The molecule has 2 aromatic carbocycles. The van der Waals surface area contributed by atoms with Gasteiger partial charge in [0.1, 0.15) is 5.75 Å². The monoisotopic (exact) mass is 368 g/mol. The maximum absolute atomic E-state index is 10.9. The first-order chi connectivity index (χ1) is 8.46. The van der Waals surface area contributed by atoms with E-state index in [0.29, 0.717) is 5.56 Å². The first-order valence-corrected chi connectivity index (χ1v) is 7.38. The van der Waals surface area contributed by atoms with Crippen LogP contribution >= 0.6 is 23.8 Å². The van der Waals surface area contributed by atoms with Crippen LogP contribution in [0.2, 0.25) is 0 Å². The maximum Gasteiger partial charge on any atom is 1.00 e. The van der Waals surface area contributed by atoms with Gasteiger partial charge in [0.25, 0.3) is 0 Å². The van der Waals surface area contributed by atoms with Crippen LogP contribution in [0.3, 0.4) is 0 Å². The average Bonchev–Trinajstić information content (AvgIpc) is 2.29. The summed E-state index contributed by atoms with van der Waals surface area (Å²) in [6, 6.07) is 14.1. The van der Waals surface area contributed by atoms with Crippen LogP contribution in [-0.2, 0) is 4.57 Å². The molecule has 0 aliphatic rings. The largest absolute Gasteiger partial charge is 1.00 e. The van der Waals surface area contributed by atoms with Gasteiger partial charge in [0.2, 0.25) is 0 Å². The smallest absolute Gasteiger partial charge is 1.00 e. The summed E-state index contributed by atoms with van der Waals surface area (Å²) >= 11 is 3.33. The molecule has 0 aromatic heterocycles. The minimum absolute atomic E-state index is 0. The Balaban J connectivity index is 0.00000180. The van der Waals surface area contributed by atoms with Crippen LogP contribution in [0.1, 0.15) is 1.43 Å². The molecule has 0 atom stereocenters. The van der Waals surface area contributed by atoms with Crippen LogP contribution in [0.15, 0.2) is 53.0 Å². The van der Waals surface area contributed by atoms with Gasteiger partial charge in [-0.25, -0.2) is 4.57 Å². The number of phosphoric ester groups is 1. The molecule has 4 nitrogen and oxygen atoms in total. The van der Waals surface area contributed by atoms with Gasteiger partial charge in [0, 0.05) is 10.0 Å². The van der Waals surface area contributed by atoms with E-state index in [1.807, 2.05) is 24.3 Å². The molecule has 2 aromatic rings. The third-order valence-electron chi connectivity index (χ3n) is 2.26. The Morgan fingerprint density at radius 2 is 1.63 bits per heavy atom. The molecule has 0 aliphatic heterocycles. The van der Waals surface area contributed by atoms with Crippen molar-refractivity contribution in [1.29, 1.82) is 0 Å². The van der Waals surface area contributed by atoms with Gasteiger partial charge in [0.05, 0.1) is 0 Å². The van der Waals surface area contributed by atoms with Gasteiger partial charge >= 0.3 is 59.2 Å². The van der Waals surface area contributed by atoms with Crippen molar-refractivity contribution in [2.24, 2.45) is 0 Å². The maximum atomic E-state index is 10.9. The third kappa shape index (κ3) is 5.42. The SMILES string of the molecule is O=P(O)(O)Oc1ccccc1-c1ccc(Br)cc1.[H-].[K+]. The Labute approximate surface area is 163 Å². The van der Waals surface area contributed by atoms with Gasteiger partial charge < -0.3 is 5.95 Å². The summed E-state index contributed by atoms with van der Waals surface area (Å²) in [5.41, 5.74) is 1.45. The van der Waals surface area contributed by atoms with Crippen molar-refractivity contribution in [2.75, 3.05) is 0 Å². The molecular formula is C12H11BrKO4P. The van der Waals surface area contributed by atoms with Crippen LogP contribution in [0.4, 0.5) is 0 Å². The van der Waals surface area contributed by atoms with Crippen LogP contribution in [0.5, 0.6) is 5.75 Å². The number of para-hydroxylation sites is 1. The average molecular weight is 369 g/mol. The first-order valence-electron chi connectivity index (χ1n) is 5.06. The Bertz CT molecular complexity index is 603. The van der Waals surface area contributed by atoms with Crippen molar-refractivity contribution in [3.05, 3.63) is 53.0 Å². The summed E-state index contributed by atoms with van der Waals surface area (Å²) in [6.45, 7) is 0. The number of hydrogen-bond donors (Lipinski definition) is 2. The molecule has 0 bridgehead atoms. The topological polar surface area (TPSA) is 66.8 Å². The fourth-order valence-electron chi connectivity index (χ4n) is 1.54. The fourth-order valence-corrected chi connectivity index (χ4v) is 2.22. The second-order valence-electron chi connectivity index (χ2n) is 3.58. The summed E-state index contributed by atoms with van der Waals surface area (Å²) in [4.78, 5) is 17.7. The van der Waals surface area contributed by atoms with Crippen LogP contribution in [0, 0.1) is 0 Å². The fraction of sp³-hybridized carbons (Fsp3) is 0. The Morgan fingerprint density at radius 3 is 2.21 bits per heavy atom. The summed E-state index contributed by atoms with van der Waals surface area (Å²) in [6.07, 6.45) is 0. The van der Waals surface area contributed by atoms with Crippen molar-refractivity contribution >= 4 is 23.8 Å². The van der Waals surface area contributed by atoms with Crippen molar-refractivity contribution in [3.8, 4) is 16.9 Å². The molecule has 0 fully saturated rings. The van der Waals surface area contributed by atoms with Crippen LogP contribution < -0.4 is 55.9 Å². The first kappa shape index (κ1) is 17.6. The standard InChI is InChI=1S/C12H10BrO4P.K.H/c13-10-7-5-9(6-8-10)11-3-1-2-4-12(11)17-18(14,15)16;;/h1-8H,(H2,14,15,16);;/q;+1;-1. The van der Waals surface area contributed by atoms with Crippen LogP contribution in [0.25, 0.3) is 11.1 Å². The molecule has 96 valence electrons. The summed E-state index contributed by atoms with van der Waals surface area (Å²) in [7, 11) is -4.55. The Morgan fingerprint density at radius 1 is 1.05 bits per heavy atom. The van der Waals surface area contributed by atoms with E-state index in [1.165, 1.54) is 6.07 Å². The molecule has 2 rings (SSSR count). The number of benzene rings is 2. The van der Waals surface area contributed by atoms with E-state index in [1.54, 1.807) is 18.2 Å². The molecule has 7 heteroatoms. The van der Waals surface area contributed by atoms with Gasteiger partial charge in [-0.2, -0.15) is 0 Å². The molecule has 0 unspecified atom stereocenters. The van der Waals surface area contributed by atoms with Crippen molar-refractivity contribution < 1.29 is 71.7 Å². The van der Waals surface area contributed by atoms with Gasteiger partial charge in [-0.15, -0.1) is 0 Å². The summed E-state index contributed by atoms with van der Waals surface area (Å²) in [5.74, 6) is 0.160. The minimum Gasteiger partial charge on any atom is -1.00 e. The van der Waals surface area contributed by atoms with Gasteiger partial charge in [-0.05, 0) is 23.8 Å². The molecule has 0 heterocycles. The molecule has 0 spiro atoms. The second-order valence-corrected chi connectivity index (χ2v) is 5.66. The molecule has 0 aliphatic carbocycles. The second kappa shape index (κ2) is 7.50. The van der Waals surface area contributed by atoms with Crippen molar-refractivity contribution in [2.45, 2.75) is 0 Å². The third-order valence-corrected chi connectivity index (χ3v) is 3.22. The van der Waals surface area contributed by atoms with Gasteiger partial charge in [0.15, 0.2) is 0 Å². The van der Waals surface area contributed by atoms with E-state index >= 15 is 0 Å². The van der Waals surface area contributed by atoms with Crippen molar-refractivity contribution in [3.63, 3.8) is 0 Å². The van der Waals surface area contributed by atoms with E-state index in [0.717, 1.165) is 10.0 Å². The van der Waals surface area contributed by atoms with E-state index in [-0.39, 0.29) is 58.6 Å². The zero-order valence-corrected chi connectivity index (χ0v) is 15.8. The molecule has 0 radical (unpaired) electrons. The van der Waals surface area contributed by atoms with Crippen LogP contribution in [-0.4, -0.2) is 9.79 Å². The van der Waals surface area contributed by atoms with Gasteiger partial charge in [-0.1, -0.05) is 46.3 Å². The minimum atomic E-state index is -4.55. The van der Waals surface area contributed by atoms with E-state index in [9.17, 15) is 4.57 Å². The summed E-state index contributed by atoms with van der Waals surface area (Å²) < 4.78 is 16.5. The Kier molecular flexibility index (Phi) is 6.93. The van der Waals surface area contributed by atoms with Gasteiger partial charge in [-0.3, -0.25) is 9.79 Å². The summed E-state index contributed by atoms with van der Waals surface area (Å²) in [5, 5.41) is 0. The molecule has 19 heavy (non-hydrogen) atoms. The Hall–Kier alpha value is 0.506. The predicted octanol–water partition coefficient (Wildman–Crippen LogP) is 0.704. The van der Waals surface area contributed by atoms with E-state index < -0.39 is 7.82 Å². The van der Waals surface area contributed by atoms with Crippen molar-refractivity contribution in [1.82, 2.24) is 0 Å².